The molecule has 1 aromatic heterocycles. The number of benzene rings is 1. The summed E-state index contributed by atoms with van der Waals surface area (Å²) in [5.74, 6) is 1.12. The van der Waals surface area contributed by atoms with Crippen molar-refractivity contribution in [2.75, 3.05) is 0 Å². The molecule has 2 aliphatic carbocycles. The van der Waals surface area contributed by atoms with Gasteiger partial charge in [0.15, 0.2) is 0 Å². The van der Waals surface area contributed by atoms with Crippen molar-refractivity contribution in [3.63, 3.8) is 0 Å². The van der Waals surface area contributed by atoms with E-state index < -0.39 is 0 Å². The van der Waals surface area contributed by atoms with Gasteiger partial charge in [0.25, 0.3) is 0 Å². The molecule has 1 saturated carbocycles. The Morgan fingerprint density at radius 2 is 2.00 bits per heavy atom. The summed E-state index contributed by atoms with van der Waals surface area (Å²) < 4.78 is 7.13. The monoisotopic (exact) mass is 414 g/mol. The van der Waals surface area contributed by atoms with Crippen molar-refractivity contribution >= 4 is 10.8 Å². The maximum atomic E-state index is 7.13. The molecule has 6 rings (SSSR count). The second-order valence-corrected chi connectivity index (χ2v) is 10.6. The number of ether oxygens (including phenoxy) is 1. The van der Waals surface area contributed by atoms with Crippen LogP contribution in [-0.4, -0.2) is 22.2 Å². The largest absolute Gasteiger partial charge is 0.359 e. The summed E-state index contributed by atoms with van der Waals surface area (Å²) in [7, 11) is 0. The average Bonchev–Trinajstić information content (AvgIpc) is 3.13. The standard InChI is InChI=1S/C28H34N2O/c1-19-5-6-20(22-8-7-21-11-14-30-18-23(21)15-22)3-2-4-25-16-24-9-10-26(29)17-27(24)12-13-28(19,25)31-27/h4,7-8,11,14-16,18-20,26H,2-3,5-6,9-10,12-13,17,29H2,1H3/b25-4-/t19-,20?,26?,27+,28-/m0/s1. The van der Waals surface area contributed by atoms with Crippen molar-refractivity contribution < 1.29 is 4.74 Å². The minimum atomic E-state index is -0.0945. The molecule has 2 bridgehead atoms. The number of hydrogen-bond donors (Lipinski definition) is 1. The topological polar surface area (TPSA) is 48.1 Å². The zero-order valence-corrected chi connectivity index (χ0v) is 18.6. The zero-order valence-electron chi connectivity index (χ0n) is 18.6. The summed E-state index contributed by atoms with van der Waals surface area (Å²) in [4.78, 5) is 4.33. The zero-order chi connectivity index (χ0) is 21.1. The highest BCUT2D eigenvalue weighted by molar-refractivity contribution is 5.82. The molecule has 0 radical (unpaired) electrons. The van der Waals surface area contributed by atoms with Crippen LogP contribution in [0.3, 0.4) is 0 Å². The number of nitrogens with zero attached hydrogens (tertiary/aromatic N) is 1. The van der Waals surface area contributed by atoms with Gasteiger partial charge in [-0.25, -0.2) is 0 Å². The van der Waals surface area contributed by atoms with Crippen molar-refractivity contribution in [3.8, 4) is 0 Å². The Bertz CT molecular complexity index is 1070. The van der Waals surface area contributed by atoms with Crippen LogP contribution in [0.2, 0.25) is 0 Å². The molecule has 162 valence electrons. The third-order valence-electron chi connectivity index (χ3n) is 8.82. The van der Waals surface area contributed by atoms with E-state index in [1.165, 1.54) is 46.7 Å². The highest BCUT2D eigenvalue weighted by atomic mass is 16.5. The van der Waals surface area contributed by atoms with Crippen LogP contribution < -0.4 is 5.73 Å². The van der Waals surface area contributed by atoms with Gasteiger partial charge in [-0.2, -0.15) is 0 Å². The molecule has 2 fully saturated rings. The van der Waals surface area contributed by atoms with Gasteiger partial charge < -0.3 is 10.5 Å². The first-order valence-corrected chi connectivity index (χ1v) is 12.3. The smallest absolute Gasteiger partial charge is 0.0966 e. The van der Waals surface area contributed by atoms with Crippen LogP contribution in [0, 0.1) is 5.92 Å². The molecule has 31 heavy (non-hydrogen) atoms. The van der Waals surface area contributed by atoms with Gasteiger partial charge in [-0.15, -0.1) is 0 Å². The maximum Gasteiger partial charge on any atom is 0.0966 e. The fourth-order valence-electron chi connectivity index (χ4n) is 6.97. The predicted octanol–water partition coefficient (Wildman–Crippen LogP) is 6.19. The Labute approximate surface area is 185 Å². The second-order valence-electron chi connectivity index (χ2n) is 10.6. The Balaban J connectivity index is 1.32. The van der Waals surface area contributed by atoms with Crippen LogP contribution in [0.1, 0.15) is 76.2 Å². The highest BCUT2D eigenvalue weighted by Crippen LogP contribution is 2.59. The number of pyridine rings is 1. The van der Waals surface area contributed by atoms with Crippen LogP contribution in [-0.2, 0) is 4.74 Å². The van der Waals surface area contributed by atoms with Gasteiger partial charge in [0.1, 0.15) is 0 Å². The van der Waals surface area contributed by atoms with E-state index >= 15 is 0 Å². The van der Waals surface area contributed by atoms with Crippen molar-refractivity contribution in [1.82, 2.24) is 4.98 Å². The van der Waals surface area contributed by atoms with Crippen molar-refractivity contribution in [2.45, 2.75) is 87.9 Å². The van der Waals surface area contributed by atoms with Gasteiger partial charge in [-0.3, -0.25) is 4.98 Å². The minimum Gasteiger partial charge on any atom is -0.359 e. The third kappa shape index (κ3) is 3.12. The molecule has 3 heterocycles. The normalized spacial score (nSPS) is 39.4. The highest BCUT2D eigenvalue weighted by Gasteiger charge is 2.58. The molecule has 1 saturated heterocycles. The van der Waals surface area contributed by atoms with Crippen molar-refractivity contribution in [1.29, 1.82) is 0 Å². The van der Waals surface area contributed by atoms with E-state index in [4.69, 9.17) is 10.5 Å². The maximum absolute atomic E-state index is 7.13. The first-order valence-electron chi connectivity index (χ1n) is 12.3. The van der Waals surface area contributed by atoms with Crippen LogP contribution in [0.4, 0.5) is 0 Å². The molecule has 2 unspecified atom stereocenters. The number of nitrogens with two attached hydrogens (primary N) is 1. The van der Waals surface area contributed by atoms with Gasteiger partial charge in [0.05, 0.1) is 11.2 Å². The Kier molecular flexibility index (Phi) is 4.63. The molecule has 4 aliphatic rings. The van der Waals surface area contributed by atoms with E-state index in [2.05, 4.69) is 48.3 Å². The molecule has 2 spiro atoms. The molecular formula is C28H34N2O. The van der Waals surface area contributed by atoms with Gasteiger partial charge in [-0.1, -0.05) is 31.2 Å². The molecule has 2 N–H and O–H groups in total. The molecule has 1 aromatic carbocycles. The fraction of sp³-hybridized carbons (Fsp3) is 0.536. The summed E-state index contributed by atoms with van der Waals surface area (Å²) in [5.41, 5.74) is 10.7. The van der Waals surface area contributed by atoms with Crippen LogP contribution in [0.5, 0.6) is 0 Å². The molecule has 0 amide bonds. The van der Waals surface area contributed by atoms with E-state index in [9.17, 15) is 0 Å². The number of fused-ring (bicyclic) bond motifs is 1. The van der Waals surface area contributed by atoms with E-state index in [-0.39, 0.29) is 17.2 Å². The quantitative estimate of drug-likeness (QED) is 0.605. The fourth-order valence-corrected chi connectivity index (χ4v) is 6.97. The van der Waals surface area contributed by atoms with E-state index in [1.54, 1.807) is 0 Å². The van der Waals surface area contributed by atoms with Crippen LogP contribution >= 0.6 is 0 Å². The summed E-state index contributed by atoms with van der Waals surface area (Å²) in [6.45, 7) is 2.43. The Morgan fingerprint density at radius 1 is 1.06 bits per heavy atom. The first-order chi connectivity index (χ1) is 15.1. The molecule has 2 aromatic rings. The molecule has 3 nitrogen and oxygen atoms in total. The average molecular weight is 415 g/mol. The number of aromatic nitrogens is 1. The summed E-state index contributed by atoms with van der Waals surface area (Å²) in [5, 5.41) is 2.53. The SMILES string of the molecule is C[C@H]1CCC(c2ccc3ccncc3c2)CC/C=C2/C=C3CCC(N)C[C@]34CC[C@@]21O4. The predicted molar refractivity (Wildman–Crippen MR) is 126 cm³/mol. The molecule has 3 heteroatoms. The number of allylic oxidation sites excluding steroid dienone is 1. The number of rotatable bonds is 1. The molecule has 5 atom stereocenters. The van der Waals surface area contributed by atoms with E-state index in [0.29, 0.717) is 11.8 Å². The molecule has 2 aliphatic heterocycles. The first kappa shape index (κ1) is 19.7. The summed E-state index contributed by atoms with van der Waals surface area (Å²) in [6.07, 6.45) is 19.2. The lowest BCUT2D eigenvalue weighted by Crippen LogP contribution is -2.50. The lowest BCUT2D eigenvalue weighted by molar-refractivity contribution is -0.109. The second kappa shape index (κ2) is 7.28. The van der Waals surface area contributed by atoms with E-state index in [0.717, 1.165) is 38.5 Å². The van der Waals surface area contributed by atoms with Gasteiger partial charge in [0, 0.05) is 23.8 Å². The summed E-state index contributed by atoms with van der Waals surface area (Å²) >= 11 is 0. The van der Waals surface area contributed by atoms with Gasteiger partial charge in [-0.05, 0) is 104 Å². The lowest BCUT2D eigenvalue weighted by Gasteiger charge is -2.48. The minimum absolute atomic E-state index is 0.0674. The van der Waals surface area contributed by atoms with Crippen molar-refractivity contribution in [3.05, 3.63) is 65.5 Å². The number of hydrogen-bond acceptors (Lipinski definition) is 3. The van der Waals surface area contributed by atoms with Crippen LogP contribution in [0.25, 0.3) is 10.8 Å². The third-order valence-corrected chi connectivity index (χ3v) is 8.82. The van der Waals surface area contributed by atoms with Crippen molar-refractivity contribution in [2.24, 2.45) is 11.7 Å². The Hall–Kier alpha value is -1.97. The van der Waals surface area contributed by atoms with E-state index in [1.807, 2.05) is 12.4 Å². The Morgan fingerprint density at radius 3 is 2.94 bits per heavy atom. The molecular weight excluding hydrogens is 380 g/mol. The lowest BCUT2D eigenvalue weighted by atomic mass is 9.74. The van der Waals surface area contributed by atoms with Gasteiger partial charge in [0.2, 0.25) is 0 Å². The summed E-state index contributed by atoms with van der Waals surface area (Å²) in [6, 6.07) is 9.36. The van der Waals surface area contributed by atoms with Gasteiger partial charge >= 0.3 is 0 Å². The van der Waals surface area contributed by atoms with Crippen LogP contribution in [0.15, 0.2) is 60.0 Å².